The number of carbonyl (C=O) groups is 2. The SMILES string of the molecule is Cc1cc(CC(NC(=O)N2CCC(N3Cc4ccccc4NC3=O)CC2)c2nc(Cc3ccccc3)no2)cc2cn[nH]c12. The molecular formula is C33H34N8O3. The van der Waals surface area contributed by atoms with Crippen molar-refractivity contribution in [3.05, 3.63) is 107 Å². The van der Waals surface area contributed by atoms with Gasteiger partial charge in [-0.3, -0.25) is 5.10 Å². The minimum atomic E-state index is -0.523. The number of anilines is 1. The molecule has 1 saturated heterocycles. The van der Waals surface area contributed by atoms with Crippen molar-refractivity contribution in [2.45, 2.75) is 51.2 Å². The van der Waals surface area contributed by atoms with Crippen LogP contribution in [0.2, 0.25) is 0 Å². The molecule has 44 heavy (non-hydrogen) atoms. The van der Waals surface area contributed by atoms with Gasteiger partial charge in [-0.15, -0.1) is 0 Å². The number of carbonyl (C=O) groups excluding carboxylic acids is 2. The van der Waals surface area contributed by atoms with E-state index in [-0.39, 0.29) is 18.1 Å². The van der Waals surface area contributed by atoms with E-state index in [1.54, 1.807) is 6.20 Å². The van der Waals surface area contributed by atoms with Crippen LogP contribution in [0.5, 0.6) is 0 Å². The number of para-hydroxylation sites is 1. The number of hydrogen-bond acceptors (Lipinski definition) is 6. The summed E-state index contributed by atoms with van der Waals surface area (Å²) in [6.45, 7) is 3.69. The second-order valence-corrected chi connectivity index (χ2v) is 11.6. The number of piperidine rings is 1. The van der Waals surface area contributed by atoms with Crippen molar-refractivity contribution in [1.29, 1.82) is 0 Å². The number of aromatic nitrogens is 4. The summed E-state index contributed by atoms with van der Waals surface area (Å²) in [6.07, 6.45) is 4.21. The van der Waals surface area contributed by atoms with E-state index >= 15 is 0 Å². The first kappa shape index (κ1) is 27.6. The fraction of sp³-hybridized carbons (Fsp3) is 0.303. The fourth-order valence-electron chi connectivity index (χ4n) is 6.26. The Balaban J connectivity index is 1.05. The van der Waals surface area contributed by atoms with Gasteiger partial charge in [-0.2, -0.15) is 10.1 Å². The molecule has 4 amide bonds. The number of rotatable bonds is 7. The van der Waals surface area contributed by atoms with E-state index in [1.165, 1.54) is 0 Å². The maximum atomic E-state index is 13.6. The first-order valence-electron chi connectivity index (χ1n) is 15.0. The lowest BCUT2D eigenvalue weighted by atomic mass is 10.0. The molecule has 11 heteroatoms. The fourth-order valence-corrected chi connectivity index (χ4v) is 6.26. The molecule has 0 radical (unpaired) electrons. The molecule has 0 spiro atoms. The van der Waals surface area contributed by atoms with Crippen LogP contribution in [0.4, 0.5) is 15.3 Å². The van der Waals surface area contributed by atoms with Crippen LogP contribution < -0.4 is 10.6 Å². The number of nitrogens with one attached hydrogen (secondary N) is 3. The average Bonchev–Trinajstić information content (AvgIpc) is 3.71. The number of likely N-dealkylation sites (tertiary alicyclic amines) is 1. The van der Waals surface area contributed by atoms with Crippen molar-refractivity contribution in [3.63, 3.8) is 0 Å². The molecule has 7 rings (SSSR count). The highest BCUT2D eigenvalue weighted by molar-refractivity contribution is 5.92. The molecule has 0 aliphatic carbocycles. The summed E-state index contributed by atoms with van der Waals surface area (Å²) in [5, 5.41) is 18.6. The van der Waals surface area contributed by atoms with Gasteiger partial charge in [0, 0.05) is 49.6 Å². The number of benzene rings is 3. The molecule has 0 saturated carbocycles. The predicted molar refractivity (Wildman–Crippen MR) is 165 cm³/mol. The van der Waals surface area contributed by atoms with Crippen LogP contribution in [-0.4, -0.2) is 61.3 Å². The zero-order chi connectivity index (χ0) is 30.0. The predicted octanol–water partition coefficient (Wildman–Crippen LogP) is 5.35. The molecule has 5 aromatic rings. The monoisotopic (exact) mass is 590 g/mol. The summed E-state index contributed by atoms with van der Waals surface area (Å²) in [4.78, 5) is 34.9. The number of amides is 4. The summed E-state index contributed by atoms with van der Waals surface area (Å²) < 4.78 is 5.74. The third-order valence-electron chi connectivity index (χ3n) is 8.58. The number of hydrogen-bond donors (Lipinski definition) is 3. The minimum Gasteiger partial charge on any atom is -0.337 e. The van der Waals surface area contributed by atoms with Gasteiger partial charge < -0.3 is 25.0 Å². The molecule has 1 unspecified atom stereocenters. The molecule has 0 bridgehead atoms. The topological polar surface area (TPSA) is 132 Å². The second-order valence-electron chi connectivity index (χ2n) is 11.6. The normalized spacial score (nSPS) is 16.1. The average molecular weight is 591 g/mol. The highest BCUT2D eigenvalue weighted by Crippen LogP contribution is 2.28. The maximum Gasteiger partial charge on any atom is 0.322 e. The molecule has 2 aliphatic rings. The second kappa shape index (κ2) is 11.8. The van der Waals surface area contributed by atoms with E-state index in [2.05, 4.69) is 38.1 Å². The van der Waals surface area contributed by atoms with E-state index in [9.17, 15) is 9.59 Å². The van der Waals surface area contributed by atoms with Crippen molar-refractivity contribution in [2.24, 2.45) is 0 Å². The Hall–Kier alpha value is -5.19. The standard InChI is InChI=1S/C33H34N8O3/c1-21-15-23(16-25-19-34-38-30(21)25)17-28(31-37-29(39-44-31)18-22-7-3-2-4-8-22)36-32(42)40-13-11-26(12-14-40)41-20-24-9-5-6-10-27(24)35-33(41)43/h2-10,15-16,19,26,28H,11-14,17-18,20H2,1H3,(H,34,38)(H,35,43)(H,36,42). The largest absolute Gasteiger partial charge is 0.337 e. The Labute approximate surface area is 254 Å². The minimum absolute atomic E-state index is 0.0596. The molecular weight excluding hydrogens is 556 g/mol. The summed E-state index contributed by atoms with van der Waals surface area (Å²) in [5.41, 5.74) is 6.14. The third-order valence-corrected chi connectivity index (χ3v) is 8.58. The third kappa shape index (κ3) is 5.72. The van der Waals surface area contributed by atoms with Gasteiger partial charge in [0.05, 0.1) is 11.7 Å². The molecule has 224 valence electrons. The van der Waals surface area contributed by atoms with E-state index in [4.69, 9.17) is 9.51 Å². The van der Waals surface area contributed by atoms with Crippen LogP contribution in [0, 0.1) is 6.92 Å². The highest BCUT2D eigenvalue weighted by atomic mass is 16.5. The molecule has 3 aromatic carbocycles. The van der Waals surface area contributed by atoms with E-state index in [1.807, 2.05) is 71.3 Å². The lowest BCUT2D eigenvalue weighted by molar-refractivity contribution is 0.126. The Morgan fingerprint density at radius 2 is 1.86 bits per heavy atom. The van der Waals surface area contributed by atoms with Crippen LogP contribution in [0.15, 0.2) is 77.4 Å². The molecule has 4 heterocycles. The van der Waals surface area contributed by atoms with E-state index in [0.717, 1.165) is 38.8 Å². The molecule has 1 fully saturated rings. The molecule has 2 aromatic heterocycles. The number of aryl methyl sites for hydroxylation is 1. The van der Waals surface area contributed by atoms with Crippen LogP contribution in [0.1, 0.15) is 52.9 Å². The molecule has 2 aliphatic heterocycles. The van der Waals surface area contributed by atoms with Crippen LogP contribution in [0.25, 0.3) is 10.9 Å². The lowest BCUT2D eigenvalue weighted by Gasteiger charge is -2.40. The highest BCUT2D eigenvalue weighted by Gasteiger charge is 2.33. The van der Waals surface area contributed by atoms with Gasteiger partial charge in [-0.05, 0) is 54.2 Å². The first-order valence-corrected chi connectivity index (χ1v) is 15.0. The molecule has 1 atom stereocenters. The number of urea groups is 2. The Bertz CT molecular complexity index is 1790. The van der Waals surface area contributed by atoms with E-state index < -0.39 is 6.04 Å². The summed E-state index contributed by atoms with van der Waals surface area (Å²) in [6, 6.07) is 21.3. The number of nitrogens with zero attached hydrogens (tertiary/aromatic N) is 5. The zero-order valence-electron chi connectivity index (χ0n) is 24.5. The first-order chi connectivity index (χ1) is 21.5. The van der Waals surface area contributed by atoms with Gasteiger partial charge in [0.2, 0.25) is 5.89 Å². The Morgan fingerprint density at radius 3 is 2.70 bits per heavy atom. The van der Waals surface area contributed by atoms with Gasteiger partial charge in [-0.25, -0.2) is 9.59 Å². The number of fused-ring (bicyclic) bond motifs is 2. The van der Waals surface area contributed by atoms with Crippen LogP contribution in [0.3, 0.4) is 0 Å². The van der Waals surface area contributed by atoms with Gasteiger partial charge in [0.1, 0.15) is 6.04 Å². The van der Waals surface area contributed by atoms with Gasteiger partial charge in [0.25, 0.3) is 0 Å². The van der Waals surface area contributed by atoms with Crippen LogP contribution >= 0.6 is 0 Å². The summed E-state index contributed by atoms with van der Waals surface area (Å²) in [7, 11) is 0. The Morgan fingerprint density at radius 1 is 1.07 bits per heavy atom. The maximum absolute atomic E-state index is 13.6. The number of aromatic amines is 1. The van der Waals surface area contributed by atoms with Crippen LogP contribution in [-0.2, 0) is 19.4 Å². The van der Waals surface area contributed by atoms with Crippen molar-refractivity contribution in [3.8, 4) is 0 Å². The van der Waals surface area contributed by atoms with Crippen molar-refractivity contribution in [1.82, 2.24) is 35.5 Å². The van der Waals surface area contributed by atoms with Crippen molar-refractivity contribution < 1.29 is 14.1 Å². The quantitative estimate of drug-likeness (QED) is 0.234. The van der Waals surface area contributed by atoms with Crippen molar-refractivity contribution in [2.75, 3.05) is 18.4 Å². The van der Waals surface area contributed by atoms with Crippen molar-refractivity contribution >= 4 is 28.7 Å². The summed E-state index contributed by atoms with van der Waals surface area (Å²) in [5.74, 6) is 0.932. The van der Waals surface area contributed by atoms with Gasteiger partial charge >= 0.3 is 12.1 Å². The number of H-pyrrole nitrogens is 1. The van der Waals surface area contributed by atoms with Gasteiger partial charge in [-0.1, -0.05) is 59.8 Å². The smallest absolute Gasteiger partial charge is 0.322 e. The van der Waals surface area contributed by atoms with Gasteiger partial charge in [0.15, 0.2) is 5.82 Å². The summed E-state index contributed by atoms with van der Waals surface area (Å²) >= 11 is 0. The van der Waals surface area contributed by atoms with E-state index in [0.29, 0.717) is 57.0 Å². The molecule has 11 nitrogen and oxygen atoms in total. The lowest BCUT2D eigenvalue weighted by Crippen LogP contribution is -2.53. The Kier molecular flexibility index (Phi) is 7.43. The molecule has 3 N–H and O–H groups in total. The zero-order valence-corrected chi connectivity index (χ0v) is 24.5.